The van der Waals surface area contributed by atoms with Crippen LogP contribution in [-0.2, 0) is 16.1 Å². The van der Waals surface area contributed by atoms with E-state index in [0.29, 0.717) is 6.54 Å². The van der Waals surface area contributed by atoms with E-state index >= 15 is 0 Å². The molecule has 1 saturated heterocycles. The van der Waals surface area contributed by atoms with Crippen LogP contribution < -0.4 is 10.6 Å². The number of amides is 4. The largest absolute Gasteiger partial charge is 0.350 e. The molecule has 26 heavy (non-hydrogen) atoms. The summed E-state index contributed by atoms with van der Waals surface area (Å²) in [5.74, 6) is -0.461. The van der Waals surface area contributed by atoms with E-state index in [9.17, 15) is 14.4 Å². The number of carbonyl (C=O) groups excluding carboxylic acids is 3. The first-order valence-electron chi connectivity index (χ1n) is 8.86. The molecule has 134 valence electrons. The molecule has 0 radical (unpaired) electrons. The highest BCUT2D eigenvalue weighted by atomic mass is 16.2. The third kappa shape index (κ3) is 2.92. The van der Waals surface area contributed by atoms with Crippen LogP contribution in [0.2, 0.25) is 0 Å². The predicted octanol–water partition coefficient (Wildman–Crippen LogP) is 2.18. The van der Waals surface area contributed by atoms with Crippen molar-refractivity contribution in [3.63, 3.8) is 0 Å². The van der Waals surface area contributed by atoms with Crippen molar-refractivity contribution in [3.05, 3.63) is 48.0 Å². The van der Waals surface area contributed by atoms with E-state index in [0.717, 1.165) is 34.1 Å². The molecule has 1 saturated carbocycles. The second-order valence-corrected chi connectivity index (χ2v) is 7.26. The Bertz CT molecular complexity index is 906. The average molecular weight is 351 g/mol. The normalized spacial score (nSPS) is 22.6. The van der Waals surface area contributed by atoms with Crippen LogP contribution in [0.4, 0.5) is 4.79 Å². The van der Waals surface area contributed by atoms with Crippen molar-refractivity contribution in [2.75, 3.05) is 6.54 Å². The molecule has 2 aromatic carbocycles. The highest BCUT2D eigenvalue weighted by molar-refractivity contribution is 6.09. The van der Waals surface area contributed by atoms with Gasteiger partial charge < -0.3 is 10.6 Å². The van der Waals surface area contributed by atoms with Gasteiger partial charge in [0.2, 0.25) is 5.91 Å². The molecule has 2 fully saturated rings. The highest BCUT2D eigenvalue weighted by Gasteiger charge is 2.56. The predicted molar refractivity (Wildman–Crippen MR) is 97.2 cm³/mol. The maximum absolute atomic E-state index is 12.5. The van der Waals surface area contributed by atoms with E-state index in [-0.39, 0.29) is 24.3 Å². The molecule has 2 aromatic rings. The molecule has 4 amide bonds. The lowest BCUT2D eigenvalue weighted by molar-refractivity contribution is -0.135. The maximum atomic E-state index is 12.5. The number of urea groups is 1. The molecule has 0 aromatic heterocycles. The number of imide groups is 1. The summed E-state index contributed by atoms with van der Waals surface area (Å²) in [7, 11) is 0. The Morgan fingerprint density at radius 1 is 1.19 bits per heavy atom. The van der Waals surface area contributed by atoms with Crippen molar-refractivity contribution in [2.24, 2.45) is 5.92 Å². The lowest BCUT2D eigenvalue weighted by Crippen LogP contribution is -2.46. The Balaban J connectivity index is 1.37. The van der Waals surface area contributed by atoms with Gasteiger partial charge in [-0.15, -0.1) is 0 Å². The minimum absolute atomic E-state index is 0.185. The lowest BCUT2D eigenvalue weighted by Gasteiger charge is -2.20. The van der Waals surface area contributed by atoms with Gasteiger partial charge in [0.1, 0.15) is 12.1 Å². The number of carbonyl (C=O) groups is 3. The number of fused-ring (bicyclic) bond motifs is 1. The average Bonchev–Trinajstić information content (AvgIpc) is 3.46. The van der Waals surface area contributed by atoms with Crippen LogP contribution in [0.1, 0.15) is 25.3 Å². The summed E-state index contributed by atoms with van der Waals surface area (Å²) >= 11 is 0. The topological polar surface area (TPSA) is 78.5 Å². The molecule has 6 heteroatoms. The molecule has 0 spiro atoms. The van der Waals surface area contributed by atoms with E-state index in [1.807, 2.05) is 42.5 Å². The number of nitrogens with zero attached hydrogens (tertiary/aromatic N) is 1. The third-order valence-electron chi connectivity index (χ3n) is 5.30. The molecule has 6 nitrogen and oxygen atoms in total. The van der Waals surface area contributed by atoms with Gasteiger partial charge in [0.15, 0.2) is 0 Å². The quantitative estimate of drug-likeness (QED) is 0.811. The molecule has 1 unspecified atom stereocenters. The maximum Gasteiger partial charge on any atom is 0.325 e. The van der Waals surface area contributed by atoms with Crippen LogP contribution in [0.3, 0.4) is 0 Å². The molecule has 1 aliphatic carbocycles. The first-order chi connectivity index (χ1) is 12.5. The number of hydrogen-bond acceptors (Lipinski definition) is 3. The number of nitrogens with one attached hydrogen (secondary N) is 2. The minimum Gasteiger partial charge on any atom is -0.350 e. The van der Waals surface area contributed by atoms with E-state index in [1.54, 1.807) is 6.92 Å². The minimum atomic E-state index is -0.851. The molecule has 2 N–H and O–H groups in total. The second-order valence-electron chi connectivity index (χ2n) is 7.26. The molecule has 2 aliphatic rings. The van der Waals surface area contributed by atoms with Crippen LogP contribution in [0.5, 0.6) is 0 Å². The molecule has 1 aliphatic heterocycles. The van der Waals surface area contributed by atoms with Crippen molar-refractivity contribution >= 4 is 28.6 Å². The fourth-order valence-electron chi connectivity index (χ4n) is 3.55. The van der Waals surface area contributed by atoms with E-state index < -0.39 is 11.6 Å². The summed E-state index contributed by atoms with van der Waals surface area (Å²) in [6.45, 7) is 1.85. The standard InChI is InChI=1S/C20H21N3O3/c1-20(16-8-9-16)18(25)23(19(26)22-20)12-17(24)21-11-13-6-7-14-4-2-3-5-15(14)10-13/h2-7,10,16H,8-9,11-12H2,1H3,(H,21,24)(H,22,26). The molecule has 1 atom stereocenters. The molecular formula is C20H21N3O3. The van der Waals surface area contributed by atoms with E-state index in [1.165, 1.54) is 0 Å². The first-order valence-corrected chi connectivity index (χ1v) is 8.86. The Labute approximate surface area is 151 Å². The molecular weight excluding hydrogens is 330 g/mol. The Kier molecular flexibility index (Phi) is 3.90. The number of benzene rings is 2. The Morgan fingerprint density at radius 3 is 2.65 bits per heavy atom. The van der Waals surface area contributed by atoms with E-state index in [4.69, 9.17) is 0 Å². The summed E-state index contributed by atoms with van der Waals surface area (Å²) in [4.78, 5) is 37.9. The van der Waals surface area contributed by atoms with Crippen LogP contribution in [0.15, 0.2) is 42.5 Å². The van der Waals surface area contributed by atoms with Crippen molar-refractivity contribution in [1.29, 1.82) is 0 Å². The van der Waals surface area contributed by atoms with Crippen LogP contribution in [0, 0.1) is 5.92 Å². The SMILES string of the molecule is CC1(C2CC2)NC(=O)N(CC(=O)NCc2ccc3ccccc3c2)C1=O. The van der Waals surface area contributed by atoms with Gasteiger partial charge in [0.05, 0.1) is 0 Å². The van der Waals surface area contributed by atoms with Crippen molar-refractivity contribution in [1.82, 2.24) is 15.5 Å². The van der Waals surface area contributed by atoms with Gasteiger partial charge in [-0.1, -0.05) is 36.4 Å². The van der Waals surface area contributed by atoms with Gasteiger partial charge in [-0.05, 0) is 48.1 Å². The summed E-state index contributed by atoms with van der Waals surface area (Å²) in [5.41, 5.74) is 0.118. The van der Waals surface area contributed by atoms with Crippen molar-refractivity contribution < 1.29 is 14.4 Å². The first kappa shape index (κ1) is 16.6. The van der Waals surface area contributed by atoms with Gasteiger partial charge >= 0.3 is 6.03 Å². The van der Waals surface area contributed by atoms with Crippen molar-refractivity contribution in [3.8, 4) is 0 Å². The van der Waals surface area contributed by atoms with Gasteiger partial charge in [-0.3, -0.25) is 14.5 Å². The second kappa shape index (κ2) is 6.12. The van der Waals surface area contributed by atoms with E-state index in [2.05, 4.69) is 10.6 Å². The van der Waals surface area contributed by atoms with Gasteiger partial charge in [0, 0.05) is 6.54 Å². The fraction of sp³-hybridized carbons (Fsp3) is 0.350. The van der Waals surface area contributed by atoms with Gasteiger partial charge in [-0.25, -0.2) is 4.79 Å². The monoisotopic (exact) mass is 351 g/mol. The summed E-state index contributed by atoms with van der Waals surface area (Å²) in [6.07, 6.45) is 1.87. The van der Waals surface area contributed by atoms with Crippen LogP contribution >= 0.6 is 0 Å². The molecule has 4 rings (SSSR count). The Morgan fingerprint density at radius 2 is 1.92 bits per heavy atom. The van der Waals surface area contributed by atoms with Crippen LogP contribution in [0.25, 0.3) is 10.8 Å². The fourth-order valence-corrected chi connectivity index (χ4v) is 3.55. The van der Waals surface area contributed by atoms with Crippen LogP contribution in [-0.4, -0.2) is 34.8 Å². The number of rotatable bonds is 5. The van der Waals surface area contributed by atoms with Gasteiger partial charge in [0.25, 0.3) is 5.91 Å². The summed E-state index contributed by atoms with van der Waals surface area (Å²) in [6, 6.07) is 13.5. The number of hydrogen-bond donors (Lipinski definition) is 2. The zero-order valence-electron chi connectivity index (χ0n) is 14.6. The third-order valence-corrected chi connectivity index (χ3v) is 5.30. The summed E-state index contributed by atoms with van der Waals surface area (Å²) in [5, 5.41) is 7.79. The summed E-state index contributed by atoms with van der Waals surface area (Å²) < 4.78 is 0. The molecule has 0 bridgehead atoms. The van der Waals surface area contributed by atoms with Gasteiger partial charge in [-0.2, -0.15) is 0 Å². The lowest BCUT2D eigenvalue weighted by atomic mass is 9.96. The zero-order valence-corrected chi connectivity index (χ0v) is 14.6. The Hall–Kier alpha value is -2.89. The zero-order chi connectivity index (χ0) is 18.3. The smallest absolute Gasteiger partial charge is 0.325 e. The van der Waals surface area contributed by atoms with Crippen molar-refractivity contribution in [2.45, 2.75) is 31.8 Å². The molecule has 1 heterocycles. The highest BCUT2D eigenvalue weighted by Crippen LogP contribution is 2.42.